The molecule has 2 amide bonds. The Balaban J connectivity index is 1.35. The first-order valence-corrected chi connectivity index (χ1v) is 15.8. The summed E-state index contributed by atoms with van der Waals surface area (Å²) in [5, 5.41) is 2.48. The first-order valence-electron chi connectivity index (χ1n) is 14.2. The summed E-state index contributed by atoms with van der Waals surface area (Å²) in [5.41, 5.74) is 7.17. The fourth-order valence-corrected chi connectivity index (χ4v) is 5.56. The van der Waals surface area contributed by atoms with Crippen LogP contribution in [-0.2, 0) is 32.7 Å². The van der Waals surface area contributed by atoms with Crippen LogP contribution in [0.25, 0.3) is 11.1 Å². The third-order valence-corrected chi connectivity index (χ3v) is 8.16. The molecule has 0 unspecified atom stereocenters. The normalized spacial score (nSPS) is 12.9. The van der Waals surface area contributed by atoms with Gasteiger partial charge in [0.15, 0.2) is 0 Å². The number of amides is 2. The number of carbonyl (C=O) groups excluding carboxylic acids is 2. The van der Waals surface area contributed by atoms with E-state index in [1.165, 1.54) is 5.56 Å². The SMILES string of the molecule is Cc1cccc(OCCCC(=O)N2CCCc3c(-c4cccc(COC(=O)NCCCS(=O)(=O)O)c4)cccc32)c1C. The standard InChI is InChI=1S/C32H38N2O7S/c1-23-9-3-15-30(24(23)2)40-19-7-16-31(35)34-18-6-13-28-27(12-5-14-29(28)34)26-11-4-10-25(21-26)22-41-32(36)33-17-8-20-42(37,38)39/h3-5,9-12,14-15,21H,6-8,13,16-20,22H2,1-2H3,(H,33,36)(H,37,38,39). The second-order valence-electron chi connectivity index (χ2n) is 10.4. The zero-order valence-electron chi connectivity index (χ0n) is 24.1. The van der Waals surface area contributed by atoms with Gasteiger partial charge in [-0.3, -0.25) is 9.35 Å². The maximum Gasteiger partial charge on any atom is 0.407 e. The number of nitrogens with zero attached hydrogens (tertiary/aromatic N) is 1. The summed E-state index contributed by atoms with van der Waals surface area (Å²) < 4.78 is 41.6. The lowest BCUT2D eigenvalue weighted by Crippen LogP contribution is -2.35. The molecule has 224 valence electrons. The molecule has 0 aromatic heterocycles. The van der Waals surface area contributed by atoms with Crippen LogP contribution >= 0.6 is 0 Å². The van der Waals surface area contributed by atoms with Gasteiger partial charge in [0.05, 0.1) is 12.4 Å². The summed E-state index contributed by atoms with van der Waals surface area (Å²) in [7, 11) is -4.06. The summed E-state index contributed by atoms with van der Waals surface area (Å²) in [5.74, 6) is 0.517. The van der Waals surface area contributed by atoms with Gasteiger partial charge in [0, 0.05) is 25.2 Å². The first-order chi connectivity index (χ1) is 20.1. The molecule has 3 aromatic rings. The number of hydrogen-bond acceptors (Lipinski definition) is 6. The lowest BCUT2D eigenvalue weighted by Gasteiger charge is -2.31. The average Bonchev–Trinajstić information content (AvgIpc) is 2.97. The van der Waals surface area contributed by atoms with E-state index in [2.05, 4.69) is 18.3 Å². The minimum absolute atomic E-state index is 0.0434. The Bertz CT molecular complexity index is 1520. The minimum Gasteiger partial charge on any atom is -0.493 e. The molecule has 2 N–H and O–H groups in total. The highest BCUT2D eigenvalue weighted by Gasteiger charge is 2.24. The molecule has 0 aliphatic carbocycles. The van der Waals surface area contributed by atoms with Crippen molar-refractivity contribution in [3.8, 4) is 16.9 Å². The number of anilines is 1. The zero-order valence-corrected chi connectivity index (χ0v) is 24.9. The van der Waals surface area contributed by atoms with Crippen LogP contribution in [0, 0.1) is 13.8 Å². The largest absolute Gasteiger partial charge is 0.493 e. The summed E-state index contributed by atoms with van der Waals surface area (Å²) in [6, 6.07) is 19.7. The molecule has 0 atom stereocenters. The Morgan fingerprint density at radius 3 is 2.62 bits per heavy atom. The van der Waals surface area contributed by atoms with E-state index in [1.54, 1.807) is 0 Å². The lowest BCUT2D eigenvalue weighted by molar-refractivity contribution is -0.118. The Morgan fingerprint density at radius 1 is 1.02 bits per heavy atom. The van der Waals surface area contributed by atoms with Crippen LogP contribution < -0.4 is 15.0 Å². The van der Waals surface area contributed by atoms with Crippen LogP contribution in [0.2, 0.25) is 0 Å². The number of aryl methyl sites for hydroxylation is 1. The highest BCUT2D eigenvalue weighted by Crippen LogP contribution is 2.36. The molecule has 0 radical (unpaired) electrons. The highest BCUT2D eigenvalue weighted by atomic mass is 32.2. The van der Waals surface area contributed by atoms with Crippen molar-refractivity contribution in [1.29, 1.82) is 0 Å². The number of nitrogens with one attached hydrogen (secondary N) is 1. The number of hydrogen-bond donors (Lipinski definition) is 2. The van der Waals surface area contributed by atoms with Crippen LogP contribution in [0.5, 0.6) is 5.75 Å². The predicted octanol–water partition coefficient (Wildman–Crippen LogP) is 5.61. The minimum atomic E-state index is -4.06. The summed E-state index contributed by atoms with van der Waals surface area (Å²) >= 11 is 0. The van der Waals surface area contributed by atoms with Crippen molar-refractivity contribution in [2.75, 3.05) is 30.3 Å². The molecule has 1 aliphatic heterocycles. The van der Waals surface area contributed by atoms with Crippen molar-refractivity contribution in [3.05, 3.63) is 82.9 Å². The van der Waals surface area contributed by atoms with Crippen LogP contribution in [0.4, 0.5) is 10.5 Å². The van der Waals surface area contributed by atoms with E-state index in [4.69, 9.17) is 14.0 Å². The summed E-state index contributed by atoms with van der Waals surface area (Å²) in [6.45, 7) is 5.37. The molecule has 4 rings (SSSR count). The quantitative estimate of drug-likeness (QED) is 0.206. The molecule has 1 heterocycles. The van der Waals surface area contributed by atoms with E-state index in [1.807, 2.05) is 66.4 Å². The fraction of sp³-hybridized carbons (Fsp3) is 0.375. The highest BCUT2D eigenvalue weighted by molar-refractivity contribution is 7.85. The maximum atomic E-state index is 13.3. The Morgan fingerprint density at radius 2 is 1.81 bits per heavy atom. The van der Waals surface area contributed by atoms with Crippen molar-refractivity contribution < 1.29 is 32.0 Å². The molecule has 3 aromatic carbocycles. The van der Waals surface area contributed by atoms with E-state index in [9.17, 15) is 18.0 Å². The molecule has 42 heavy (non-hydrogen) atoms. The molecule has 1 aliphatic rings. The smallest absolute Gasteiger partial charge is 0.407 e. The van der Waals surface area contributed by atoms with Crippen molar-refractivity contribution in [2.24, 2.45) is 0 Å². The number of benzene rings is 3. The fourth-order valence-electron chi connectivity index (χ4n) is 5.05. The van der Waals surface area contributed by atoms with Crippen molar-refractivity contribution >= 4 is 27.8 Å². The van der Waals surface area contributed by atoms with Crippen LogP contribution in [0.3, 0.4) is 0 Å². The Labute approximate surface area is 247 Å². The van der Waals surface area contributed by atoms with Crippen LogP contribution in [-0.4, -0.2) is 50.4 Å². The molecule has 9 nitrogen and oxygen atoms in total. The van der Waals surface area contributed by atoms with E-state index in [-0.39, 0.29) is 25.5 Å². The molecule has 0 saturated heterocycles. The second kappa shape index (κ2) is 14.3. The number of ether oxygens (including phenoxy) is 2. The Hall–Kier alpha value is -3.89. The topological polar surface area (TPSA) is 122 Å². The summed E-state index contributed by atoms with van der Waals surface area (Å²) in [4.78, 5) is 27.1. The third-order valence-electron chi connectivity index (χ3n) is 7.36. The van der Waals surface area contributed by atoms with Crippen molar-refractivity contribution in [2.45, 2.75) is 52.6 Å². The molecular weight excluding hydrogens is 556 g/mol. The molecule has 10 heteroatoms. The van der Waals surface area contributed by atoms with Gasteiger partial charge in [-0.05, 0) is 91.1 Å². The second-order valence-corrected chi connectivity index (χ2v) is 12.0. The zero-order chi connectivity index (χ0) is 30.1. The molecular formula is C32H38N2O7S. The van der Waals surface area contributed by atoms with Crippen molar-refractivity contribution in [3.63, 3.8) is 0 Å². The van der Waals surface area contributed by atoms with E-state index >= 15 is 0 Å². The summed E-state index contributed by atoms with van der Waals surface area (Å²) in [6.07, 6.45) is 2.18. The van der Waals surface area contributed by atoms with Gasteiger partial charge in [0.1, 0.15) is 12.4 Å². The molecule has 0 spiro atoms. The van der Waals surface area contributed by atoms with E-state index in [0.717, 1.165) is 52.1 Å². The molecule has 0 saturated carbocycles. The predicted molar refractivity (Wildman–Crippen MR) is 162 cm³/mol. The number of fused-ring (bicyclic) bond motifs is 1. The van der Waals surface area contributed by atoms with Gasteiger partial charge < -0.3 is 19.7 Å². The number of alkyl carbamates (subject to hydrolysis) is 1. The van der Waals surface area contributed by atoms with Crippen LogP contribution in [0.1, 0.15) is 47.9 Å². The first kappa shape index (κ1) is 31.1. The van der Waals surface area contributed by atoms with Gasteiger partial charge in [0.25, 0.3) is 10.1 Å². The molecule has 0 fully saturated rings. The van der Waals surface area contributed by atoms with Gasteiger partial charge in [-0.25, -0.2) is 4.79 Å². The van der Waals surface area contributed by atoms with Gasteiger partial charge in [-0.1, -0.05) is 42.5 Å². The van der Waals surface area contributed by atoms with Gasteiger partial charge >= 0.3 is 6.09 Å². The van der Waals surface area contributed by atoms with Crippen molar-refractivity contribution in [1.82, 2.24) is 5.32 Å². The average molecular weight is 595 g/mol. The third kappa shape index (κ3) is 8.56. The van der Waals surface area contributed by atoms with Gasteiger partial charge in [0.2, 0.25) is 5.91 Å². The van der Waals surface area contributed by atoms with Crippen LogP contribution in [0.15, 0.2) is 60.7 Å². The molecule has 0 bridgehead atoms. The van der Waals surface area contributed by atoms with E-state index < -0.39 is 22.0 Å². The monoisotopic (exact) mass is 594 g/mol. The lowest BCUT2D eigenvalue weighted by atomic mass is 9.91. The van der Waals surface area contributed by atoms with Gasteiger partial charge in [-0.15, -0.1) is 0 Å². The maximum absolute atomic E-state index is 13.3. The van der Waals surface area contributed by atoms with E-state index in [0.29, 0.717) is 26.0 Å². The number of rotatable bonds is 12. The Kier molecular flexibility index (Phi) is 10.6. The van der Waals surface area contributed by atoms with Gasteiger partial charge in [-0.2, -0.15) is 8.42 Å². The number of carbonyl (C=O) groups is 2.